The van der Waals surface area contributed by atoms with E-state index >= 15 is 0 Å². The molecular weight excluding hydrogens is 569 g/mol. The lowest BCUT2D eigenvalue weighted by molar-refractivity contribution is 0.661. The van der Waals surface area contributed by atoms with Crippen LogP contribution in [0.5, 0.6) is 0 Å². The summed E-state index contributed by atoms with van der Waals surface area (Å²) in [4.78, 5) is 0. The number of benzene rings is 7. The number of nitrogens with zero attached hydrogens (tertiary/aromatic N) is 2. The van der Waals surface area contributed by atoms with Gasteiger partial charge in [-0.1, -0.05) is 123 Å². The fourth-order valence-corrected chi connectivity index (χ4v) is 8.25. The third kappa shape index (κ3) is 3.67. The summed E-state index contributed by atoms with van der Waals surface area (Å²) in [5.41, 5.74) is 15.1. The fraction of sp³-hybridized carbons (Fsp3) is 0.0667. The predicted octanol–water partition coefficient (Wildman–Crippen LogP) is 11.9. The van der Waals surface area contributed by atoms with Crippen molar-refractivity contribution in [1.29, 1.82) is 0 Å². The van der Waals surface area contributed by atoms with Crippen molar-refractivity contribution in [1.82, 2.24) is 9.13 Å². The van der Waals surface area contributed by atoms with E-state index in [0.29, 0.717) is 0 Å². The number of hydrogen-bond donors (Lipinski definition) is 0. The van der Waals surface area contributed by atoms with E-state index in [4.69, 9.17) is 0 Å². The summed E-state index contributed by atoms with van der Waals surface area (Å²) in [5, 5.41) is 5.09. The Labute approximate surface area is 273 Å². The maximum absolute atomic E-state index is 2.48. The van der Waals surface area contributed by atoms with Gasteiger partial charge in [0.15, 0.2) is 0 Å². The number of fused-ring (bicyclic) bond motifs is 9. The van der Waals surface area contributed by atoms with Gasteiger partial charge < -0.3 is 9.13 Å². The SMILES string of the molecule is CC1(C)c2ccccc2-c2cc3c4ccccc4n(-c4ccc5c6ccc(-c7ccccc7)cc6n(-c6ccccc6)c5c4)c3cc21. The fourth-order valence-electron chi connectivity index (χ4n) is 8.25. The third-order valence-electron chi connectivity index (χ3n) is 10.5. The Morgan fingerprint density at radius 2 is 0.979 bits per heavy atom. The van der Waals surface area contributed by atoms with Crippen LogP contribution in [0.2, 0.25) is 0 Å². The highest BCUT2D eigenvalue weighted by molar-refractivity contribution is 6.13. The molecule has 0 radical (unpaired) electrons. The molecule has 7 aromatic carbocycles. The zero-order valence-electron chi connectivity index (χ0n) is 26.4. The normalized spacial score (nSPS) is 13.5. The molecule has 0 N–H and O–H groups in total. The number of aromatic nitrogens is 2. The highest BCUT2D eigenvalue weighted by Crippen LogP contribution is 2.51. The summed E-state index contributed by atoms with van der Waals surface area (Å²) in [6.45, 7) is 4.73. The van der Waals surface area contributed by atoms with Crippen LogP contribution < -0.4 is 0 Å². The van der Waals surface area contributed by atoms with Crippen molar-refractivity contribution in [2.75, 3.05) is 0 Å². The topological polar surface area (TPSA) is 9.86 Å². The van der Waals surface area contributed by atoms with Crippen LogP contribution in [0, 0.1) is 0 Å². The van der Waals surface area contributed by atoms with Gasteiger partial charge in [-0.15, -0.1) is 0 Å². The summed E-state index contributed by atoms with van der Waals surface area (Å²) >= 11 is 0. The van der Waals surface area contributed by atoms with Crippen LogP contribution in [0.4, 0.5) is 0 Å². The number of para-hydroxylation sites is 2. The Bertz CT molecular complexity index is 2690. The van der Waals surface area contributed by atoms with Crippen LogP contribution in [0.1, 0.15) is 25.0 Å². The van der Waals surface area contributed by atoms with Crippen LogP contribution in [0.25, 0.3) is 77.2 Å². The molecule has 0 saturated carbocycles. The van der Waals surface area contributed by atoms with Crippen LogP contribution in [0.15, 0.2) is 158 Å². The van der Waals surface area contributed by atoms with Gasteiger partial charge >= 0.3 is 0 Å². The van der Waals surface area contributed by atoms with Crippen LogP contribution in [0.3, 0.4) is 0 Å². The van der Waals surface area contributed by atoms with Crippen molar-refractivity contribution < 1.29 is 0 Å². The van der Waals surface area contributed by atoms with Crippen molar-refractivity contribution in [3.63, 3.8) is 0 Å². The molecule has 10 rings (SSSR count). The molecular formula is C45H32N2. The highest BCUT2D eigenvalue weighted by Gasteiger charge is 2.36. The minimum Gasteiger partial charge on any atom is -0.309 e. The quantitative estimate of drug-likeness (QED) is 0.191. The minimum atomic E-state index is -0.0679. The van der Waals surface area contributed by atoms with Gasteiger partial charge in [0.25, 0.3) is 0 Å². The van der Waals surface area contributed by atoms with Crippen LogP contribution in [-0.4, -0.2) is 9.13 Å². The first-order valence-corrected chi connectivity index (χ1v) is 16.4. The van der Waals surface area contributed by atoms with Gasteiger partial charge in [-0.05, 0) is 81.9 Å². The zero-order chi connectivity index (χ0) is 31.3. The molecule has 0 atom stereocenters. The van der Waals surface area contributed by atoms with E-state index < -0.39 is 0 Å². The van der Waals surface area contributed by atoms with E-state index in [2.05, 4.69) is 181 Å². The average molecular weight is 601 g/mol. The van der Waals surface area contributed by atoms with E-state index in [1.807, 2.05) is 0 Å². The monoisotopic (exact) mass is 600 g/mol. The predicted molar refractivity (Wildman–Crippen MR) is 198 cm³/mol. The smallest absolute Gasteiger partial charge is 0.0561 e. The summed E-state index contributed by atoms with van der Waals surface area (Å²) < 4.78 is 4.91. The molecule has 2 aromatic heterocycles. The first kappa shape index (κ1) is 26.4. The van der Waals surface area contributed by atoms with Gasteiger partial charge in [0, 0.05) is 38.3 Å². The standard InChI is InChI=1S/C45H32N2/c1-45(2)39-19-11-9-17-33(39)37-27-38-34-18-10-12-20-41(34)47(44(38)28-40(37)45)32-22-24-36-35-23-21-30(29-13-5-3-6-14-29)25-42(35)46(43(36)26-32)31-15-7-4-8-16-31/h3-28H,1-2H3. The maximum atomic E-state index is 2.48. The Balaban J connectivity index is 1.27. The lowest BCUT2D eigenvalue weighted by Gasteiger charge is -2.21. The Kier molecular flexibility index (Phi) is 5.37. The van der Waals surface area contributed by atoms with Gasteiger partial charge in [0.05, 0.1) is 22.1 Å². The largest absolute Gasteiger partial charge is 0.309 e. The molecule has 9 aromatic rings. The zero-order valence-corrected chi connectivity index (χ0v) is 26.4. The number of hydrogen-bond acceptors (Lipinski definition) is 0. The van der Waals surface area contributed by atoms with E-state index in [9.17, 15) is 0 Å². The Morgan fingerprint density at radius 3 is 1.81 bits per heavy atom. The first-order chi connectivity index (χ1) is 23.1. The molecule has 222 valence electrons. The molecule has 0 amide bonds. The number of rotatable bonds is 3. The lowest BCUT2D eigenvalue weighted by atomic mass is 9.82. The molecule has 2 nitrogen and oxygen atoms in total. The lowest BCUT2D eigenvalue weighted by Crippen LogP contribution is -2.14. The second-order valence-electron chi connectivity index (χ2n) is 13.4. The molecule has 0 aliphatic heterocycles. The van der Waals surface area contributed by atoms with Crippen molar-refractivity contribution in [3.05, 3.63) is 169 Å². The van der Waals surface area contributed by atoms with E-state index in [0.717, 1.165) is 5.69 Å². The summed E-state index contributed by atoms with van der Waals surface area (Å²) in [6.07, 6.45) is 0. The van der Waals surface area contributed by atoms with Crippen LogP contribution >= 0.6 is 0 Å². The van der Waals surface area contributed by atoms with Crippen molar-refractivity contribution >= 4 is 43.6 Å². The highest BCUT2D eigenvalue weighted by atomic mass is 15.0. The third-order valence-corrected chi connectivity index (χ3v) is 10.5. The maximum Gasteiger partial charge on any atom is 0.0561 e. The molecule has 1 aliphatic carbocycles. The summed E-state index contributed by atoms with van der Waals surface area (Å²) in [5.74, 6) is 0. The van der Waals surface area contributed by atoms with Gasteiger partial charge in [-0.25, -0.2) is 0 Å². The average Bonchev–Trinajstić information content (AvgIpc) is 3.70. The van der Waals surface area contributed by atoms with E-state index in [1.54, 1.807) is 0 Å². The van der Waals surface area contributed by atoms with Crippen molar-refractivity contribution in [2.24, 2.45) is 0 Å². The van der Waals surface area contributed by atoms with Gasteiger partial charge in [-0.3, -0.25) is 0 Å². The molecule has 47 heavy (non-hydrogen) atoms. The summed E-state index contributed by atoms with van der Waals surface area (Å²) in [6, 6.07) is 58.1. The Morgan fingerprint density at radius 1 is 0.362 bits per heavy atom. The molecule has 0 bridgehead atoms. The van der Waals surface area contributed by atoms with E-state index in [1.165, 1.54) is 82.7 Å². The van der Waals surface area contributed by atoms with Crippen molar-refractivity contribution in [3.8, 4) is 33.6 Å². The van der Waals surface area contributed by atoms with Gasteiger partial charge in [-0.2, -0.15) is 0 Å². The molecule has 0 fully saturated rings. The Hall–Kier alpha value is -5.86. The molecule has 0 unspecified atom stereocenters. The second kappa shape index (κ2) is 9.57. The molecule has 0 saturated heterocycles. The first-order valence-electron chi connectivity index (χ1n) is 16.4. The van der Waals surface area contributed by atoms with Gasteiger partial charge in [0.2, 0.25) is 0 Å². The molecule has 2 heterocycles. The van der Waals surface area contributed by atoms with Crippen molar-refractivity contribution in [2.45, 2.75) is 19.3 Å². The minimum absolute atomic E-state index is 0.0679. The second-order valence-corrected chi connectivity index (χ2v) is 13.4. The summed E-state index contributed by atoms with van der Waals surface area (Å²) in [7, 11) is 0. The van der Waals surface area contributed by atoms with E-state index in [-0.39, 0.29) is 5.41 Å². The molecule has 1 aliphatic rings. The van der Waals surface area contributed by atoms with Gasteiger partial charge in [0.1, 0.15) is 0 Å². The molecule has 2 heteroatoms. The van der Waals surface area contributed by atoms with Crippen LogP contribution in [-0.2, 0) is 5.41 Å². The molecule has 0 spiro atoms.